The molecule has 0 aromatic heterocycles. The molecular weight excluding hydrogens is 274 g/mol. The molecule has 0 bridgehead atoms. The van der Waals surface area contributed by atoms with Crippen LogP contribution in [-0.4, -0.2) is 17.5 Å². The van der Waals surface area contributed by atoms with Gasteiger partial charge in [0.05, 0.1) is 5.54 Å². The maximum absolute atomic E-state index is 12.4. The van der Waals surface area contributed by atoms with E-state index in [9.17, 15) is 4.79 Å². The molecule has 22 heavy (non-hydrogen) atoms. The van der Waals surface area contributed by atoms with E-state index < -0.39 is 0 Å². The predicted molar refractivity (Wildman–Crippen MR) is 92.3 cm³/mol. The van der Waals surface area contributed by atoms with Crippen LogP contribution < -0.4 is 16.2 Å². The SMILES string of the molecule is CC1=CC(C)(C)N([C@H](C(=O)NN)C(C)C)c2cc(C)ccc21. The molecule has 1 heterocycles. The van der Waals surface area contributed by atoms with Crippen LogP contribution in [0.15, 0.2) is 24.3 Å². The maximum Gasteiger partial charge on any atom is 0.256 e. The van der Waals surface area contributed by atoms with Crippen molar-refractivity contribution in [2.45, 2.75) is 53.1 Å². The number of carbonyl (C=O) groups is 1. The van der Waals surface area contributed by atoms with Crippen LogP contribution >= 0.6 is 0 Å². The van der Waals surface area contributed by atoms with Crippen LogP contribution in [0.4, 0.5) is 5.69 Å². The molecule has 120 valence electrons. The quantitative estimate of drug-likeness (QED) is 0.512. The molecule has 0 saturated carbocycles. The van der Waals surface area contributed by atoms with Gasteiger partial charge in [-0.15, -0.1) is 0 Å². The number of nitrogens with one attached hydrogen (secondary N) is 1. The molecule has 2 rings (SSSR count). The second-order valence-electron chi connectivity index (χ2n) is 7.07. The van der Waals surface area contributed by atoms with Crippen LogP contribution in [0.2, 0.25) is 0 Å². The van der Waals surface area contributed by atoms with E-state index in [4.69, 9.17) is 5.84 Å². The summed E-state index contributed by atoms with van der Waals surface area (Å²) in [4.78, 5) is 14.6. The number of benzene rings is 1. The topological polar surface area (TPSA) is 58.4 Å². The molecule has 0 saturated heterocycles. The maximum atomic E-state index is 12.4. The smallest absolute Gasteiger partial charge is 0.256 e. The summed E-state index contributed by atoms with van der Waals surface area (Å²) in [6.45, 7) is 12.6. The van der Waals surface area contributed by atoms with E-state index in [2.05, 4.69) is 76.1 Å². The first-order valence-corrected chi connectivity index (χ1v) is 7.79. The van der Waals surface area contributed by atoms with Gasteiger partial charge in [-0.05, 0) is 50.8 Å². The van der Waals surface area contributed by atoms with E-state index in [0.717, 1.165) is 5.69 Å². The standard InChI is InChI=1S/C18H27N3O/c1-11(2)16(17(22)20-19)21-15-9-12(3)7-8-14(15)13(4)10-18(21,5)6/h7-11,16H,19H2,1-6H3,(H,20,22)/t16-/m0/s1. The first-order valence-electron chi connectivity index (χ1n) is 7.79. The van der Waals surface area contributed by atoms with Gasteiger partial charge in [0.1, 0.15) is 6.04 Å². The van der Waals surface area contributed by atoms with Crippen molar-refractivity contribution in [3.8, 4) is 0 Å². The molecule has 4 nitrogen and oxygen atoms in total. The lowest BCUT2D eigenvalue weighted by atomic mass is 9.84. The van der Waals surface area contributed by atoms with E-state index in [1.165, 1.54) is 16.7 Å². The van der Waals surface area contributed by atoms with Crippen molar-refractivity contribution in [2.24, 2.45) is 11.8 Å². The van der Waals surface area contributed by atoms with Crippen molar-refractivity contribution in [3.63, 3.8) is 0 Å². The van der Waals surface area contributed by atoms with Crippen molar-refractivity contribution in [1.82, 2.24) is 5.43 Å². The Morgan fingerprint density at radius 2 is 1.91 bits per heavy atom. The van der Waals surface area contributed by atoms with Gasteiger partial charge in [-0.1, -0.05) is 32.1 Å². The fourth-order valence-corrected chi connectivity index (χ4v) is 3.47. The van der Waals surface area contributed by atoms with E-state index in [1.54, 1.807) is 0 Å². The molecule has 0 aliphatic carbocycles. The third-order valence-electron chi connectivity index (χ3n) is 4.35. The third-order valence-corrected chi connectivity index (χ3v) is 4.35. The number of carbonyl (C=O) groups excluding carboxylic acids is 1. The Balaban J connectivity index is 2.67. The van der Waals surface area contributed by atoms with Gasteiger partial charge in [-0.2, -0.15) is 0 Å². The second-order valence-corrected chi connectivity index (χ2v) is 7.07. The Kier molecular flexibility index (Phi) is 4.34. The number of amides is 1. The van der Waals surface area contributed by atoms with Crippen molar-refractivity contribution in [1.29, 1.82) is 0 Å². The number of anilines is 1. The Morgan fingerprint density at radius 3 is 2.45 bits per heavy atom. The number of nitrogens with two attached hydrogens (primary N) is 1. The van der Waals surface area contributed by atoms with Crippen molar-refractivity contribution in [3.05, 3.63) is 35.4 Å². The van der Waals surface area contributed by atoms with Crippen molar-refractivity contribution in [2.75, 3.05) is 4.90 Å². The summed E-state index contributed by atoms with van der Waals surface area (Å²) >= 11 is 0. The number of fused-ring (bicyclic) bond motifs is 1. The van der Waals surface area contributed by atoms with Gasteiger partial charge in [0.25, 0.3) is 5.91 Å². The van der Waals surface area contributed by atoms with Crippen LogP contribution in [0.3, 0.4) is 0 Å². The summed E-state index contributed by atoms with van der Waals surface area (Å²) in [5.41, 5.74) is 6.79. The van der Waals surface area contributed by atoms with E-state index in [0.29, 0.717) is 0 Å². The molecule has 1 atom stereocenters. The Morgan fingerprint density at radius 1 is 1.27 bits per heavy atom. The molecular formula is C18H27N3O. The summed E-state index contributed by atoms with van der Waals surface area (Å²) in [5.74, 6) is 5.43. The summed E-state index contributed by atoms with van der Waals surface area (Å²) in [5, 5.41) is 0. The van der Waals surface area contributed by atoms with Crippen LogP contribution in [0.25, 0.3) is 5.57 Å². The van der Waals surface area contributed by atoms with E-state index in [1.807, 2.05) is 0 Å². The number of nitrogens with zero attached hydrogens (tertiary/aromatic N) is 1. The zero-order chi connectivity index (χ0) is 16.7. The fourth-order valence-electron chi connectivity index (χ4n) is 3.47. The first kappa shape index (κ1) is 16.6. The van der Waals surface area contributed by atoms with Gasteiger partial charge in [0, 0.05) is 11.3 Å². The average Bonchev–Trinajstić information content (AvgIpc) is 2.41. The van der Waals surface area contributed by atoms with Gasteiger partial charge in [0.2, 0.25) is 0 Å². The average molecular weight is 301 g/mol. The number of allylic oxidation sites excluding steroid dienone is 1. The highest BCUT2D eigenvalue weighted by atomic mass is 16.2. The molecule has 1 aliphatic heterocycles. The van der Waals surface area contributed by atoms with E-state index in [-0.39, 0.29) is 23.4 Å². The lowest BCUT2D eigenvalue weighted by Crippen LogP contribution is -2.59. The minimum atomic E-state index is -0.315. The van der Waals surface area contributed by atoms with Crippen molar-refractivity contribution < 1.29 is 4.79 Å². The number of rotatable bonds is 3. The molecule has 0 spiro atoms. The van der Waals surface area contributed by atoms with Gasteiger partial charge >= 0.3 is 0 Å². The second kappa shape index (κ2) is 5.76. The number of hydrogen-bond donors (Lipinski definition) is 2. The molecule has 1 aromatic carbocycles. The molecule has 3 N–H and O–H groups in total. The van der Waals surface area contributed by atoms with Gasteiger partial charge < -0.3 is 4.90 Å². The summed E-state index contributed by atoms with van der Waals surface area (Å²) in [6.07, 6.45) is 2.23. The van der Waals surface area contributed by atoms with Gasteiger partial charge in [-0.3, -0.25) is 10.2 Å². The molecule has 4 heteroatoms. The number of hydrogen-bond acceptors (Lipinski definition) is 3. The molecule has 1 amide bonds. The monoisotopic (exact) mass is 301 g/mol. The van der Waals surface area contributed by atoms with Crippen LogP contribution in [-0.2, 0) is 4.79 Å². The van der Waals surface area contributed by atoms with Crippen LogP contribution in [0, 0.1) is 12.8 Å². The normalized spacial score (nSPS) is 17.8. The fraction of sp³-hybridized carbons (Fsp3) is 0.500. The Bertz CT molecular complexity index is 617. The van der Waals surface area contributed by atoms with Crippen molar-refractivity contribution >= 4 is 17.2 Å². The number of aryl methyl sites for hydroxylation is 1. The van der Waals surface area contributed by atoms with Crippen LogP contribution in [0.5, 0.6) is 0 Å². The molecule has 1 aromatic rings. The van der Waals surface area contributed by atoms with Gasteiger partial charge in [-0.25, -0.2) is 5.84 Å². The molecule has 1 aliphatic rings. The largest absolute Gasteiger partial charge is 0.350 e. The molecule has 0 fully saturated rings. The van der Waals surface area contributed by atoms with Gasteiger partial charge in [0.15, 0.2) is 0 Å². The lowest BCUT2D eigenvalue weighted by Gasteiger charge is -2.48. The Hall–Kier alpha value is -1.81. The number of hydrazine groups is 1. The highest BCUT2D eigenvalue weighted by molar-refractivity contribution is 5.90. The predicted octanol–water partition coefficient (Wildman–Crippen LogP) is 3.01. The lowest BCUT2D eigenvalue weighted by molar-refractivity contribution is -0.123. The van der Waals surface area contributed by atoms with Crippen LogP contribution in [0.1, 0.15) is 45.7 Å². The third kappa shape index (κ3) is 2.75. The highest BCUT2D eigenvalue weighted by Crippen LogP contribution is 2.41. The molecule has 0 radical (unpaired) electrons. The highest BCUT2D eigenvalue weighted by Gasteiger charge is 2.40. The summed E-state index contributed by atoms with van der Waals surface area (Å²) in [7, 11) is 0. The minimum Gasteiger partial charge on any atom is -0.350 e. The zero-order valence-corrected chi connectivity index (χ0v) is 14.4. The Labute approximate surface area is 133 Å². The zero-order valence-electron chi connectivity index (χ0n) is 14.4. The minimum absolute atomic E-state index is 0.142. The summed E-state index contributed by atoms with van der Waals surface area (Å²) in [6, 6.07) is 6.09. The molecule has 0 unspecified atom stereocenters. The summed E-state index contributed by atoms with van der Waals surface area (Å²) < 4.78 is 0. The first-order chi connectivity index (χ1) is 10.2. The van der Waals surface area contributed by atoms with E-state index >= 15 is 0 Å².